The van der Waals surface area contributed by atoms with Gasteiger partial charge in [-0.2, -0.15) is 14.7 Å². The number of hydrogen-bond donors (Lipinski definition) is 1. The molecule has 0 spiro atoms. The molecule has 9 heteroatoms. The second-order valence-corrected chi connectivity index (χ2v) is 7.74. The van der Waals surface area contributed by atoms with Crippen LogP contribution in [0.3, 0.4) is 0 Å². The van der Waals surface area contributed by atoms with E-state index in [2.05, 4.69) is 35.7 Å². The zero-order valence-corrected chi connectivity index (χ0v) is 17.1. The van der Waals surface area contributed by atoms with Crippen LogP contribution in [0.5, 0.6) is 0 Å². The molecule has 156 valence electrons. The number of carbonyl (C=O) groups is 1. The Hall–Kier alpha value is -3.88. The quantitative estimate of drug-likeness (QED) is 0.548. The summed E-state index contributed by atoms with van der Waals surface area (Å²) in [4.78, 5) is 15.1. The molecule has 31 heavy (non-hydrogen) atoms. The first kappa shape index (κ1) is 19.1. The van der Waals surface area contributed by atoms with Crippen LogP contribution < -0.4 is 10.2 Å². The van der Waals surface area contributed by atoms with Crippen LogP contribution in [0.1, 0.15) is 18.5 Å². The average Bonchev–Trinajstić information content (AvgIpc) is 3.28. The molecule has 3 aromatic heterocycles. The van der Waals surface area contributed by atoms with Crippen LogP contribution in [-0.2, 0) is 4.79 Å². The third-order valence-electron chi connectivity index (χ3n) is 5.49. The summed E-state index contributed by atoms with van der Waals surface area (Å²) < 4.78 is 1.63. The van der Waals surface area contributed by atoms with E-state index in [-0.39, 0.29) is 11.8 Å². The number of benzene rings is 1. The highest BCUT2D eigenvalue weighted by molar-refractivity contribution is 5.93. The molecule has 1 amide bonds. The van der Waals surface area contributed by atoms with Gasteiger partial charge < -0.3 is 10.2 Å². The Labute approximate surface area is 179 Å². The fourth-order valence-corrected chi connectivity index (χ4v) is 3.84. The summed E-state index contributed by atoms with van der Waals surface area (Å²) >= 11 is 0. The van der Waals surface area contributed by atoms with E-state index >= 15 is 0 Å². The number of aryl methyl sites for hydroxylation is 1. The van der Waals surface area contributed by atoms with Gasteiger partial charge in [-0.05, 0) is 56.2 Å². The number of nitrogens with one attached hydrogen (secondary N) is 1. The van der Waals surface area contributed by atoms with Crippen molar-refractivity contribution in [2.45, 2.75) is 19.8 Å². The van der Waals surface area contributed by atoms with Gasteiger partial charge in [-0.1, -0.05) is 12.1 Å². The van der Waals surface area contributed by atoms with E-state index in [0.29, 0.717) is 12.2 Å². The summed E-state index contributed by atoms with van der Waals surface area (Å²) in [6, 6.07) is 15.4. The second kappa shape index (κ2) is 8.10. The number of amides is 1. The van der Waals surface area contributed by atoms with Gasteiger partial charge in [-0.3, -0.25) is 4.79 Å². The Bertz CT molecular complexity index is 1220. The molecule has 4 aromatic rings. The van der Waals surface area contributed by atoms with E-state index in [9.17, 15) is 4.79 Å². The monoisotopic (exact) mass is 414 g/mol. The molecule has 1 aromatic carbocycles. The van der Waals surface area contributed by atoms with Gasteiger partial charge in [0.1, 0.15) is 6.33 Å². The summed E-state index contributed by atoms with van der Waals surface area (Å²) in [5, 5.41) is 23.8. The number of fused-ring (bicyclic) bond motifs is 1. The summed E-state index contributed by atoms with van der Waals surface area (Å²) in [5.41, 5.74) is 4.01. The van der Waals surface area contributed by atoms with Crippen molar-refractivity contribution in [1.29, 1.82) is 0 Å². The molecular formula is C22H22N8O. The van der Waals surface area contributed by atoms with Crippen molar-refractivity contribution >= 4 is 23.1 Å². The van der Waals surface area contributed by atoms with Gasteiger partial charge in [-0.15, -0.1) is 15.3 Å². The predicted molar refractivity (Wildman–Crippen MR) is 117 cm³/mol. The first-order chi connectivity index (χ1) is 15.2. The smallest absolute Gasteiger partial charge is 0.229 e. The van der Waals surface area contributed by atoms with E-state index in [1.807, 2.05) is 55.5 Å². The minimum atomic E-state index is -0.105. The zero-order valence-electron chi connectivity index (χ0n) is 17.1. The van der Waals surface area contributed by atoms with E-state index < -0.39 is 0 Å². The van der Waals surface area contributed by atoms with Gasteiger partial charge in [0.05, 0.1) is 17.3 Å². The highest BCUT2D eigenvalue weighted by Gasteiger charge is 2.26. The van der Waals surface area contributed by atoms with Crippen LogP contribution in [0.4, 0.5) is 11.5 Å². The summed E-state index contributed by atoms with van der Waals surface area (Å²) in [6.45, 7) is 3.43. The molecule has 1 fully saturated rings. The Kier molecular flexibility index (Phi) is 4.99. The van der Waals surface area contributed by atoms with E-state index in [1.54, 1.807) is 10.8 Å². The Morgan fingerprint density at radius 3 is 2.90 bits per heavy atom. The minimum absolute atomic E-state index is 0.0177. The molecule has 1 aliphatic heterocycles. The van der Waals surface area contributed by atoms with Crippen LogP contribution in [0.15, 0.2) is 54.9 Å². The molecule has 1 saturated heterocycles. The fourth-order valence-electron chi connectivity index (χ4n) is 3.84. The first-order valence-corrected chi connectivity index (χ1v) is 10.3. The number of anilines is 2. The van der Waals surface area contributed by atoms with Crippen molar-refractivity contribution in [3.05, 3.63) is 60.6 Å². The van der Waals surface area contributed by atoms with E-state index in [4.69, 9.17) is 0 Å². The van der Waals surface area contributed by atoms with Gasteiger partial charge in [0.2, 0.25) is 5.91 Å². The number of aromatic nitrogens is 6. The topological polar surface area (TPSA) is 101 Å². The molecule has 0 radical (unpaired) electrons. The minimum Gasteiger partial charge on any atom is -0.354 e. The van der Waals surface area contributed by atoms with Crippen LogP contribution in [0.25, 0.3) is 16.9 Å². The lowest BCUT2D eigenvalue weighted by atomic mass is 9.97. The van der Waals surface area contributed by atoms with Gasteiger partial charge in [-0.25, -0.2) is 0 Å². The molecule has 0 saturated carbocycles. The lowest BCUT2D eigenvalue weighted by Gasteiger charge is -2.32. The maximum atomic E-state index is 13.0. The van der Waals surface area contributed by atoms with Crippen LogP contribution in [-0.4, -0.2) is 49.0 Å². The van der Waals surface area contributed by atoms with Gasteiger partial charge in [0.15, 0.2) is 11.5 Å². The second-order valence-electron chi connectivity index (χ2n) is 7.74. The molecule has 1 atom stereocenters. The maximum absolute atomic E-state index is 13.0. The molecule has 1 aliphatic rings. The molecule has 5 rings (SSSR count). The van der Waals surface area contributed by atoms with Gasteiger partial charge in [0, 0.05) is 24.3 Å². The molecular weight excluding hydrogens is 392 g/mol. The van der Waals surface area contributed by atoms with Crippen molar-refractivity contribution in [1.82, 2.24) is 30.0 Å². The molecule has 4 heterocycles. The van der Waals surface area contributed by atoms with Crippen molar-refractivity contribution in [2.24, 2.45) is 5.92 Å². The molecule has 9 nitrogen and oxygen atoms in total. The van der Waals surface area contributed by atoms with Gasteiger partial charge in [0.25, 0.3) is 0 Å². The highest BCUT2D eigenvalue weighted by Crippen LogP contribution is 2.25. The zero-order chi connectivity index (χ0) is 21.2. The third kappa shape index (κ3) is 4.07. The number of hydrogen-bond acceptors (Lipinski definition) is 7. The predicted octanol–water partition coefficient (Wildman–Crippen LogP) is 2.74. The average molecular weight is 414 g/mol. The summed E-state index contributed by atoms with van der Waals surface area (Å²) in [7, 11) is 0. The van der Waals surface area contributed by atoms with Crippen LogP contribution in [0, 0.1) is 12.8 Å². The number of carbonyl (C=O) groups excluding carboxylic acids is 1. The lowest BCUT2D eigenvalue weighted by molar-refractivity contribution is -0.120. The van der Waals surface area contributed by atoms with Crippen molar-refractivity contribution in [2.75, 3.05) is 23.3 Å². The first-order valence-electron chi connectivity index (χ1n) is 10.3. The lowest BCUT2D eigenvalue weighted by Crippen LogP contribution is -2.41. The Balaban J connectivity index is 1.29. The van der Waals surface area contributed by atoms with E-state index in [1.165, 1.54) is 0 Å². The normalized spacial score (nSPS) is 16.4. The van der Waals surface area contributed by atoms with Crippen LogP contribution in [0.2, 0.25) is 0 Å². The molecule has 0 aliphatic carbocycles. The summed E-state index contributed by atoms with van der Waals surface area (Å²) in [5.74, 6) is 0.733. The van der Waals surface area contributed by atoms with Crippen molar-refractivity contribution < 1.29 is 4.79 Å². The Morgan fingerprint density at radius 2 is 2.03 bits per heavy atom. The summed E-state index contributed by atoms with van der Waals surface area (Å²) in [6.07, 6.45) is 3.36. The maximum Gasteiger partial charge on any atom is 0.229 e. The largest absolute Gasteiger partial charge is 0.354 e. The number of nitrogens with zero attached hydrogens (tertiary/aromatic N) is 7. The fraction of sp³-hybridized carbons (Fsp3) is 0.273. The molecule has 1 N–H and O–H groups in total. The van der Waals surface area contributed by atoms with Gasteiger partial charge >= 0.3 is 0 Å². The molecule has 0 bridgehead atoms. The Morgan fingerprint density at radius 1 is 1.10 bits per heavy atom. The van der Waals surface area contributed by atoms with E-state index in [0.717, 1.165) is 47.8 Å². The SMILES string of the molecule is Cc1ccc(N2CCCC(C(=O)Nc3cccc(-c4ccc5nncn5n4)c3)C2)nn1. The molecule has 1 unspecified atom stereocenters. The van der Waals surface area contributed by atoms with Crippen molar-refractivity contribution in [3.8, 4) is 11.3 Å². The highest BCUT2D eigenvalue weighted by atomic mass is 16.1. The van der Waals surface area contributed by atoms with Crippen LogP contribution >= 0.6 is 0 Å². The van der Waals surface area contributed by atoms with Crippen molar-refractivity contribution in [3.63, 3.8) is 0 Å². The number of rotatable bonds is 4. The number of piperidine rings is 1. The standard InChI is InChI=1S/C22H22N8O/c1-15-7-9-20(27-25-15)29-11-3-5-17(13-29)22(31)24-18-6-2-4-16(12-18)19-8-10-21-26-23-14-30(21)28-19/h2,4,6-10,12,14,17H,3,5,11,13H2,1H3,(H,24,31). The third-order valence-corrected chi connectivity index (χ3v) is 5.49.